The molecule has 0 saturated carbocycles. The largest absolute Gasteiger partial charge is 0.339 e. The Morgan fingerprint density at radius 2 is 2.00 bits per heavy atom. The fourth-order valence-corrected chi connectivity index (χ4v) is 2.47. The maximum Gasteiger partial charge on any atom is 0.274 e. The van der Waals surface area contributed by atoms with Gasteiger partial charge in [0.15, 0.2) is 5.82 Å². The minimum Gasteiger partial charge on any atom is -0.339 e. The molecule has 2 aromatic heterocycles. The second-order valence-electron chi connectivity index (χ2n) is 5.60. The third-order valence-corrected chi connectivity index (χ3v) is 3.84. The third kappa shape index (κ3) is 3.63. The van der Waals surface area contributed by atoms with Gasteiger partial charge in [-0.25, -0.2) is 4.68 Å². The maximum atomic E-state index is 12.1. The number of aryl methyl sites for hydroxylation is 1. The van der Waals surface area contributed by atoms with Crippen LogP contribution >= 0.6 is 12.4 Å². The average Bonchev–Trinajstić information content (AvgIpc) is 2.99. The van der Waals surface area contributed by atoms with Crippen molar-refractivity contribution in [3.8, 4) is 0 Å². The summed E-state index contributed by atoms with van der Waals surface area (Å²) in [7, 11) is 3.54. The molecule has 0 bridgehead atoms. The summed E-state index contributed by atoms with van der Waals surface area (Å²) >= 11 is 0. The lowest BCUT2D eigenvalue weighted by Gasteiger charge is -2.06. The van der Waals surface area contributed by atoms with Crippen molar-refractivity contribution >= 4 is 23.2 Å². The Labute approximate surface area is 145 Å². The third-order valence-electron chi connectivity index (χ3n) is 3.84. The number of aromatic nitrogens is 4. The summed E-state index contributed by atoms with van der Waals surface area (Å²) in [6, 6.07) is 7.70. The molecule has 7 nitrogen and oxygen atoms in total. The van der Waals surface area contributed by atoms with Crippen LogP contribution in [0.3, 0.4) is 0 Å². The Morgan fingerprint density at radius 3 is 2.71 bits per heavy atom. The van der Waals surface area contributed by atoms with Gasteiger partial charge in [-0.15, -0.1) is 12.4 Å². The number of hydrogen-bond acceptors (Lipinski definition) is 6. The highest BCUT2D eigenvalue weighted by atomic mass is 35.5. The molecule has 1 unspecified atom stereocenters. The van der Waals surface area contributed by atoms with Gasteiger partial charge in [0.05, 0.1) is 17.5 Å². The van der Waals surface area contributed by atoms with Gasteiger partial charge in [0.25, 0.3) is 5.56 Å². The van der Waals surface area contributed by atoms with Crippen molar-refractivity contribution in [2.45, 2.75) is 25.8 Å². The van der Waals surface area contributed by atoms with Crippen LogP contribution in [-0.4, -0.2) is 33.0 Å². The first-order chi connectivity index (χ1) is 11.1. The highest BCUT2D eigenvalue weighted by Gasteiger charge is 2.14. The summed E-state index contributed by atoms with van der Waals surface area (Å²) in [6.07, 6.45) is 1.09. The van der Waals surface area contributed by atoms with Gasteiger partial charge >= 0.3 is 0 Å². The number of nitrogens with zero attached hydrogens (tertiary/aromatic N) is 4. The lowest BCUT2D eigenvalue weighted by Crippen LogP contribution is -2.24. The SMILES string of the molecule is CNC(C)Cc1noc(Cc2nn(C)c(=O)c3ccccc23)n1.Cl. The monoisotopic (exact) mass is 349 g/mol. The number of nitrogens with one attached hydrogen (secondary N) is 1. The topological polar surface area (TPSA) is 85.8 Å². The van der Waals surface area contributed by atoms with E-state index >= 15 is 0 Å². The summed E-state index contributed by atoms with van der Waals surface area (Å²) in [5.74, 6) is 1.16. The molecule has 0 aliphatic rings. The van der Waals surface area contributed by atoms with E-state index in [0.29, 0.717) is 29.9 Å². The van der Waals surface area contributed by atoms with E-state index in [2.05, 4.69) is 27.5 Å². The zero-order valence-electron chi connectivity index (χ0n) is 13.8. The molecular weight excluding hydrogens is 330 g/mol. The van der Waals surface area contributed by atoms with Crippen molar-refractivity contribution in [3.05, 3.63) is 52.0 Å². The van der Waals surface area contributed by atoms with E-state index in [-0.39, 0.29) is 24.0 Å². The number of rotatable bonds is 5. The molecule has 0 aliphatic carbocycles. The molecule has 128 valence electrons. The molecule has 24 heavy (non-hydrogen) atoms. The van der Waals surface area contributed by atoms with Gasteiger partial charge in [-0.3, -0.25) is 4.79 Å². The average molecular weight is 350 g/mol. The number of hydrogen-bond donors (Lipinski definition) is 1. The van der Waals surface area contributed by atoms with Crippen molar-refractivity contribution in [1.82, 2.24) is 25.2 Å². The van der Waals surface area contributed by atoms with Crippen LogP contribution in [0.5, 0.6) is 0 Å². The van der Waals surface area contributed by atoms with Gasteiger partial charge in [-0.1, -0.05) is 23.4 Å². The van der Waals surface area contributed by atoms with E-state index in [1.54, 1.807) is 13.1 Å². The predicted molar refractivity (Wildman–Crippen MR) is 93.6 cm³/mol. The van der Waals surface area contributed by atoms with Crippen LogP contribution in [0.1, 0.15) is 24.3 Å². The van der Waals surface area contributed by atoms with Crippen molar-refractivity contribution < 1.29 is 4.52 Å². The van der Waals surface area contributed by atoms with E-state index < -0.39 is 0 Å². The molecule has 1 atom stereocenters. The van der Waals surface area contributed by atoms with Crippen molar-refractivity contribution in [3.63, 3.8) is 0 Å². The standard InChI is InChI=1S/C16H19N5O2.ClH/c1-10(17-2)8-14-18-15(23-20-14)9-13-11-6-4-5-7-12(11)16(22)21(3)19-13;/h4-7,10,17H,8-9H2,1-3H3;1H. The summed E-state index contributed by atoms with van der Waals surface area (Å²) in [6.45, 7) is 2.05. The van der Waals surface area contributed by atoms with E-state index in [1.165, 1.54) is 4.68 Å². The van der Waals surface area contributed by atoms with E-state index in [1.807, 2.05) is 25.2 Å². The highest BCUT2D eigenvalue weighted by Crippen LogP contribution is 2.16. The smallest absolute Gasteiger partial charge is 0.274 e. The highest BCUT2D eigenvalue weighted by molar-refractivity contribution is 5.85. The van der Waals surface area contributed by atoms with E-state index in [4.69, 9.17) is 4.52 Å². The van der Waals surface area contributed by atoms with Gasteiger partial charge in [0.2, 0.25) is 5.89 Å². The van der Waals surface area contributed by atoms with Crippen LogP contribution in [0.25, 0.3) is 10.8 Å². The number of fused-ring (bicyclic) bond motifs is 1. The van der Waals surface area contributed by atoms with E-state index in [9.17, 15) is 4.79 Å². The zero-order chi connectivity index (χ0) is 16.4. The fourth-order valence-electron chi connectivity index (χ4n) is 2.47. The first-order valence-corrected chi connectivity index (χ1v) is 7.52. The second-order valence-corrected chi connectivity index (χ2v) is 5.60. The fraction of sp³-hybridized carbons (Fsp3) is 0.375. The molecule has 1 N–H and O–H groups in total. The first kappa shape index (κ1) is 18.1. The number of benzene rings is 1. The molecule has 0 amide bonds. The van der Waals surface area contributed by atoms with Gasteiger partial charge < -0.3 is 9.84 Å². The van der Waals surface area contributed by atoms with Crippen molar-refractivity contribution in [1.29, 1.82) is 0 Å². The van der Waals surface area contributed by atoms with Crippen LogP contribution in [0.2, 0.25) is 0 Å². The minimum absolute atomic E-state index is 0. The molecule has 3 rings (SSSR count). The zero-order valence-corrected chi connectivity index (χ0v) is 14.6. The first-order valence-electron chi connectivity index (χ1n) is 7.52. The molecule has 0 fully saturated rings. The summed E-state index contributed by atoms with van der Waals surface area (Å²) in [4.78, 5) is 16.5. The quantitative estimate of drug-likeness (QED) is 0.751. The molecular formula is C16H20ClN5O2. The Bertz CT molecular complexity index is 890. The molecule has 8 heteroatoms. The Hall–Kier alpha value is -2.25. The normalized spacial score (nSPS) is 12.1. The second kappa shape index (κ2) is 7.55. The van der Waals surface area contributed by atoms with Crippen molar-refractivity contribution in [2.75, 3.05) is 7.05 Å². The van der Waals surface area contributed by atoms with Crippen LogP contribution in [-0.2, 0) is 19.9 Å². The molecule has 1 aromatic carbocycles. The van der Waals surface area contributed by atoms with Crippen LogP contribution < -0.4 is 10.9 Å². The Morgan fingerprint density at radius 1 is 1.29 bits per heavy atom. The summed E-state index contributed by atoms with van der Waals surface area (Å²) in [5, 5.41) is 12.9. The van der Waals surface area contributed by atoms with Crippen LogP contribution in [0.4, 0.5) is 0 Å². The lowest BCUT2D eigenvalue weighted by atomic mass is 10.1. The Kier molecular flexibility index (Phi) is 5.69. The molecule has 0 saturated heterocycles. The molecule has 3 aromatic rings. The van der Waals surface area contributed by atoms with Gasteiger partial charge in [-0.05, 0) is 20.0 Å². The summed E-state index contributed by atoms with van der Waals surface area (Å²) in [5.41, 5.74) is 0.637. The van der Waals surface area contributed by atoms with Crippen LogP contribution in [0.15, 0.2) is 33.6 Å². The molecule has 0 aliphatic heterocycles. The number of likely N-dealkylation sites (N-methyl/N-ethyl adjacent to an activating group) is 1. The maximum absolute atomic E-state index is 12.1. The minimum atomic E-state index is -0.113. The molecule has 0 radical (unpaired) electrons. The number of halogens is 1. The molecule has 0 spiro atoms. The van der Waals surface area contributed by atoms with E-state index in [0.717, 1.165) is 11.1 Å². The predicted octanol–water partition coefficient (Wildman–Crippen LogP) is 1.48. The van der Waals surface area contributed by atoms with Gasteiger partial charge in [0.1, 0.15) is 0 Å². The van der Waals surface area contributed by atoms with Crippen molar-refractivity contribution in [2.24, 2.45) is 7.05 Å². The Balaban J connectivity index is 0.00000208. The molecule has 2 heterocycles. The van der Waals surface area contributed by atoms with Crippen LogP contribution in [0, 0.1) is 0 Å². The lowest BCUT2D eigenvalue weighted by molar-refractivity contribution is 0.376. The van der Waals surface area contributed by atoms with Gasteiger partial charge in [-0.2, -0.15) is 10.1 Å². The summed E-state index contributed by atoms with van der Waals surface area (Å²) < 4.78 is 6.66. The van der Waals surface area contributed by atoms with Gasteiger partial charge in [0, 0.05) is 24.9 Å².